The van der Waals surface area contributed by atoms with Crippen LogP contribution in [0.3, 0.4) is 0 Å². The van der Waals surface area contributed by atoms with Gasteiger partial charge < -0.3 is 9.47 Å². The van der Waals surface area contributed by atoms with E-state index in [1.54, 1.807) is 6.20 Å². The van der Waals surface area contributed by atoms with Crippen molar-refractivity contribution >= 4 is 16.7 Å². The Morgan fingerprint density at radius 3 is 2.31 bits per heavy atom. The van der Waals surface area contributed by atoms with E-state index in [9.17, 15) is 9.59 Å². The Labute approximate surface area is 171 Å². The van der Waals surface area contributed by atoms with Gasteiger partial charge in [0.15, 0.2) is 0 Å². The summed E-state index contributed by atoms with van der Waals surface area (Å²) in [6.45, 7) is 10.2. The maximum atomic E-state index is 13.2. The molecule has 3 rings (SSSR count). The van der Waals surface area contributed by atoms with Crippen LogP contribution in [0.2, 0.25) is 0 Å². The predicted molar refractivity (Wildman–Crippen MR) is 116 cm³/mol. The van der Waals surface area contributed by atoms with Crippen LogP contribution in [0.4, 0.5) is 0 Å². The molecule has 0 fully saturated rings. The third kappa shape index (κ3) is 4.26. The van der Waals surface area contributed by atoms with Crippen LogP contribution in [0.5, 0.6) is 0 Å². The Balaban J connectivity index is 1.96. The van der Waals surface area contributed by atoms with E-state index in [0.29, 0.717) is 25.0 Å². The Morgan fingerprint density at radius 2 is 1.69 bits per heavy atom. The second kappa shape index (κ2) is 9.07. The predicted octanol–water partition coefficient (Wildman–Crippen LogP) is 3.51. The number of rotatable bonds is 8. The average Bonchev–Trinajstić information content (AvgIpc) is 2.95. The Morgan fingerprint density at radius 1 is 1.03 bits per heavy atom. The number of benzene rings is 1. The summed E-state index contributed by atoms with van der Waals surface area (Å²) in [5, 5.41) is 5.82. The molecular formula is C23H30N4O2. The highest BCUT2D eigenvalue weighted by Crippen LogP contribution is 2.23. The summed E-state index contributed by atoms with van der Waals surface area (Å²) in [7, 11) is 0. The van der Waals surface area contributed by atoms with Crippen molar-refractivity contribution in [1.29, 1.82) is 0 Å². The molecule has 1 aromatic carbocycles. The quantitative estimate of drug-likeness (QED) is 0.587. The van der Waals surface area contributed by atoms with Gasteiger partial charge in [-0.05, 0) is 32.3 Å². The number of nitrogens with zero attached hydrogens (tertiary/aromatic N) is 4. The number of carbonyl (C=O) groups excluding carboxylic acids is 1. The van der Waals surface area contributed by atoms with E-state index < -0.39 is 0 Å². The maximum absolute atomic E-state index is 13.2. The van der Waals surface area contributed by atoms with Crippen LogP contribution in [0.25, 0.3) is 10.8 Å². The number of hydrogen-bond donors (Lipinski definition) is 0. The van der Waals surface area contributed by atoms with Gasteiger partial charge in [0.05, 0.1) is 11.6 Å². The standard InChI is InChI=1S/C23H30N4O2/c1-5-12-25(13-6-2)21(28)16-27-23(29)22-18(4)26(17(3)20(22)14-24-27)15-19-10-8-7-9-11-19/h7-11,14H,5-6,12-13,15-16H2,1-4H3. The van der Waals surface area contributed by atoms with Gasteiger partial charge in [-0.2, -0.15) is 5.10 Å². The summed E-state index contributed by atoms with van der Waals surface area (Å²) in [5.74, 6) is -0.0549. The first kappa shape index (κ1) is 20.8. The molecule has 3 aromatic rings. The molecule has 2 heterocycles. The van der Waals surface area contributed by atoms with Crippen LogP contribution in [0, 0.1) is 13.8 Å². The SMILES string of the molecule is CCCN(CCC)C(=O)Cn1ncc2c(C)n(Cc3ccccc3)c(C)c2c1=O. The third-order valence-electron chi connectivity index (χ3n) is 5.41. The van der Waals surface area contributed by atoms with Crippen LogP contribution < -0.4 is 5.56 Å². The smallest absolute Gasteiger partial charge is 0.276 e. The normalized spacial score (nSPS) is 11.2. The largest absolute Gasteiger partial charge is 0.343 e. The minimum atomic E-state index is -0.198. The number of aromatic nitrogens is 3. The molecule has 0 radical (unpaired) electrons. The summed E-state index contributed by atoms with van der Waals surface area (Å²) in [6, 6.07) is 10.2. The second-order valence-corrected chi connectivity index (χ2v) is 7.52. The zero-order chi connectivity index (χ0) is 21.0. The summed E-state index contributed by atoms with van der Waals surface area (Å²) in [4.78, 5) is 27.7. The molecule has 0 bridgehead atoms. The molecule has 0 aliphatic heterocycles. The van der Waals surface area contributed by atoms with Crippen LogP contribution in [0.15, 0.2) is 41.3 Å². The highest BCUT2D eigenvalue weighted by atomic mass is 16.2. The van der Waals surface area contributed by atoms with Crippen molar-refractivity contribution < 1.29 is 4.79 Å². The van der Waals surface area contributed by atoms with Gasteiger partial charge in [0.1, 0.15) is 6.54 Å². The maximum Gasteiger partial charge on any atom is 0.276 e. The Bertz CT molecular complexity index is 1040. The van der Waals surface area contributed by atoms with Crippen molar-refractivity contribution in [2.45, 2.75) is 53.6 Å². The van der Waals surface area contributed by atoms with Crippen LogP contribution in [-0.2, 0) is 17.9 Å². The first-order valence-corrected chi connectivity index (χ1v) is 10.3. The zero-order valence-electron chi connectivity index (χ0n) is 17.8. The molecule has 0 saturated carbocycles. The molecule has 154 valence electrons. The molecule has 0 unspecified atom stereocenters. The van der Waals surface area contributed by atoms with Crippen LogP contribution in [-0.4, -0.2) is 38.2 Å². The van der Waals surface area contributed by atoms with E-state index in [-0.39, 0.29) is 18.0 Å². The van der Waals surface area contributed by atoms with Crippen molar-refractivity contribution in [2.75, 3.05) is 13.1 Å². The van der Waals surface area contributed by atoms with E-state index in [4.69, 9.17) is 0 Å². The Kier molecular flexibility index (Phi) is 6.52. The molecule has 0 aliphatic rings. The van der Waals surface area contributed by atoms with Crippen molar-refractivity contribution in [3.8, 4) is 0 Å². The van der Waals surface area contributed by atoms with Gasteiger partial charge in [0.2, 0.25) is 5.91 Å². The average molecular weight is 395 g/mol. The lowest BCUT2D eigenvalue weighted by atomic mass is 10.2. The molecule has 0 atom stereocenters. The zero-order valence-corrected chi connectivity index (χ0v) is 17.8. The summed E-state index contributed by atoms with van der Waals surface area (Å²) >= 11 is 0. The number of carbonyl (C=O) groups is 1. The first-order valence-electron chi connectivity index (χ1n) is 10.3. The molecule has 1 amide bonds. The number of hydrogen-bond acceptors (Lipinski definition) is 3. The second-order valence-electron chi connectivity index (χ2n) is 7.52. The molecule has 0 aliphatic carbocycles. The van der Waals surface area contributed by atoms with E-state index in [0.717, 1.165) is 29.6 Å². The summed E-state index contributed by atoms with van der Waals surface area (Å²) in [5.41, 5.74) is 2.91. The minimum Gasteiger partial charge on any atom is -0.343 e. The van der Waals surface area contributed by atoms with Gasteiger partial charge in [0, 0.05) is 36.4 Å². The molecule has 6 nitrogen and oxygen atoms in total. The molecule has 29 heavy (non-hydrogen) atoms. The van der Waals surface area contributed by atoms with E-state index in [2.05, 4.69) is 21.8 Å². The van der Waals surface area contributed by atoms with Crippen LogP contribution in [0.1, 0.15) is 43.6 Å². The van der Waals surface area contributed by atoms with Gasteiger partial charge in [0.25, 0.3) is 5.56 Å². The molecular weight excluding hydrogens is 364 g/mol. The highest BCUT2D eigenvalue weighted by molar-refractivity contribution is 5.87. The topological polar surface area (TPSA) is 60.1 Å². The molecule has 6 heteroatoms. The molecule has 0 spiro atoms. The van der Waals surface area contributed by atoms with Gasteiger partial charge in [-0.15, -0.1) is 0 Å². The lowest BCUT2D eigenvalue weighted by molar-refractivity contribution is -0.132. The lowest BCUT2D eigenvalue weighted by Crippen LogP contribution is -2.38. The first-order chi connectivity index (χ1) is 14.0. The van der Waals surface area contributed by atoms with E-state index in [1.165, 1.54) is 10.2 Å². The molecule has 0 N–H and O–H groups in total. The fourth-order valence-corrected chi connectivity index (χ4v) is 3.89. The monoisotopic (exact) mass is 394 g/mol. The fraction of sp³-hybridized carbons (Fsp3) is 0.435. The van der Waals surface area contributed by atoms with Crippen LogP contribution >= 0.6 is 0 Å². The lowest BCUT2D eigenvalue weighted by Gasteiger charge is -2.21. The van der Waals surface area contributed by atoms with Gasteiger partial charge in [-0.1, -0.05) is 44.2 Å². The number of aryl methyl sites for hydroxylation is 2. The van der Waals surface area contributed by atoms with Crippen molar-refractivity contribution in [2.24, 2.45) is 0 Å². The highest BCUT2D eigenvalue weighted by Gasteiger charge is 2.19. The van der Waals surface area contributed by atoms with Gasteiger partial charge >= 0.3 is 0 Å². The van der Waals surface area contributed by atoms with E-state index in [1.807, 2.05) is 50.8 Å². The Hall–Kier alpha value is -2.89. The van der Waals surface area contributed by atoms with Gasteiger partial charge in [-0.25, -0.2) is 4.68 Å². The van der Waals surface area contributed by atoms with Crippen molar-refractivity contribution in [3.63, 3.8) is 0 Å². The number of amides is 1. The molecule has 2 aromatic heterocycles. The number of fused-ring (bicyclic) bond motifs is 1. The van der Waals surface area contributed by atoms with Crippen molar-refractivity contribution in [1.82, 2.24) is 19.2 Å². The minimum absolute atomic E-state index is 0.0167. The molecule has 0 saturated heterocycles. The fourth-order valence-electron chi connectivity index (χ4n) is 3.89. The summed E-state index contributed by atoms with van der Waals surface area (Å²) in [6.07, 6.45) is 3.51. The van der Waals surface area contributed by atoms with E-state index >= 15 is 0 Å². The third-order valence-corrected chi connectivity index (χ3v) is 5.41. The van der Waals surface area contributed by atoms with Crippen molar-refractivity contribution in [3.05, 3.63) is 63.8 Å². The summed E-state index contributed by atoms with van der Waals surface area (Å²) < 4.78 is 3.46. The van der Waals surface area contributed by atoms with Gasteiger partial charge in [-0.3, -0.25) is 9.59 Å².